The Kier molecular flexibility index (Phi) is 7.81. The van der Waals surface area contributed by atoms with E-state index < -0.39 is 5.91 Å². The van der Waals surface area contributed by atoms with Crippen molar-refractivity contribution in [1.29, 1.82) is 0 Å². The van der Waals surface area contributed by atoms with Gasteiger partial charge in [-0.3, -0.25) is 19.8 Å². The van der Waals surface area contributed by atoms with Gasteiger partial charge in [-0.15, -0.1) is 0 Å². The summed E-state index contributed by atoms with van der Waals surface area (Å²) >= 11 is 0. The lowest BCUT2D eigenvalue weighted by molar-refractivity contribution is -0.116. The molecule has 2 aromatic rings. The molecule has 0 radical (unpaired) electrons. The van der Waals surface area contributed by atoms with Gasteiger partial charge in [-0.1, -0.05) is 18.7 Å². The van der Waals surface area contributed by atoms with Crippen LogP contribution in [-0.4, -0.2) is 31.9 Å². The number of methoxy groups -OCH3 is 2. The maximum absolute atomic E-state index is 12.4. The summed E-state index contributed by atoms with van der Waals surface area (Å²) in [6, 6.07) is 11.6. The molecule has 0 aromatic heterocycles. The van der Waals surface area contributed by atoms with Gasteiger partial charge in [-0.25, -0.2) is 0 Å². The zero-order valence-electron chi connectivity index (χ0n) is 17.0. The van der Waals surface area contributed by atoms with E-state index in [1.165, 1.54) is 21.1 Å². The van der Waals surface area contributed by atoms with Gasteiger partial charge in [0.25, 0.3) is 5.91 Å². The number of benzene rings is 2. The molecule has 0 heterocycles. The summed E-state index contributed by atoms with van der Waals surface area (Å²) in [7, 11) is 2.96. The molecular formula is C21H24N4O5. The van der Waals surface area contributed by atoms with E-state index in [1.54, 1.807) is 42.5 Å². The van der Waals surface area contributed by atoms with Crippen LogP contribution in [0.3, 0.4) is 0 Å². The molecule has 0 spiro atoms. The number of hydrogen-bond donors (Lipinski definition) is 4. The smallest absolute Gasteiger partial charge is 0.273 e. The van der Waals surface area contributed by atoms with Crippen LogP contribution >= 0.6 is 0 Å². The number of rotatable bonds is 9. The number of carbonyl (C=O) groups excluding carboxylic acids is 3. The van der Waals surface area contributed by atoms with E-state index in [4.69, 9.17) is 9.47 Å². The van der Waals surface area contributed by atoms with Crippen molar-refractivity contribution in [2.75, 3.05) is 24.9 Å². The Labute approximate surface area is 174 Å². The Morgan fingerprint density at radius 3 is 2.20 bits per heavy atom. The second-order valence-corrected chi connectivity index (χ2v) is 6.20. The molecule has 9 nitrogen and oxygen atoms in total. The summed E-state index contributed by atoms with van der Waals surface area (Å²) in [5.74, 6) is -0.198. The number of carbonyl (C=O) groups is 3. The summed E-state index contributed by atoms with van der Waals surface area (Å²) in [5.41, 5.74) is 6.58. The standard InChI is InChI=1S/C21H24N4O5/c1-13(11-20(27)23-18-8-6-5-7-17(18)22-14(2)26)24-25-21(28)16-10-9-15(29-3)12-19(16)30-4/h5-10,12,24H,1,11H2,2-4H3,(H,22,26)(H,23,27)(H,25,28). The van der Waals surface area contributed by atoms with E-state index in [1.807, 2.05) is 0 Å². The van der Waals surface area contributed by atoms with E-state index in [2.05, 4.69) is 28.1 Å². The molecule has 2 rings (SSSR count). The van der Waals surface area contributed by atoms with Crippen LogP contribution < -0.4 is 31.0 Å². The Hall–Kier alpha value is -4.01. The lowest BCUT2D eigenvalue weighted by Crippen LogP contribution is -2.37. The third kappa shape index (κ3) is 6.26. The largest absolute Gasteiger partial charge is 0.497 e. The quantitative estimate of drug-likeness (QED) is 0.470. The number of amides is 3. The first kappa shape index (κ1) is 22.3. The summed E-state index contributed by atoms with van der Waals surface area (Å²) in [6.45, 7) is 5.11. The predicted molar refractivity (Wildman–Crippen MR) is 113 cm³/mol. The van der Waals surface area contributed by atoms with Crippen molar-refractivity contribution in [3.63, 3.8) is 0 Å². The fourth-order valence-corrected chi connectivity index (χ4v) is 2.52. The van der Waals surface area contributed by atoms with Crippen molar-refractivity contribution in [3.8, 4) is 11.5 Å². The highest BCUT2D eigenvalue weighted by Crippen LogP contribution is 2.24. The minimum atomic E-state index is -0.466. The van der Waals surface area contributed by atoms with Gasteiger partial charge in [0.05, 0.1) is 37.6 Å². The molecule has 2 aromatic carbocycles. The van der Waals surface area contributed by atoms with E-state index in [0.29, 0.717) is 22.9 Å². The molecule has 0 fully saturated rings. The van der Waals surface area contributed by atoms with Crippen molar-refractivity contribution in [2.24, 2.45) is 0 Å². The minimum Gasteiger partial charge on any atom is -0.497 e. The first-order chi connectivity index (χ1) is 14.3. The predicted octanol–water partition coefficient (Wildman–Crippen LogP) is 2.44. The van der Waals surface area contributed by atoms with Crippen LogP contribution in [0.1, 0.15) is 23.7 Å². The highest BCUT2D eigenvalue weighted by Gasteiger charge is 2.14. The van der Waals surface area contributed by atoms with Crippen LogP contribution in [-0.2, 0) is 9.59 Å². The van der Waals surface area contributed by atoms with Gasteiger partial charge in [0.15, 0.2) is 0 Å². The van der Waals surface area contributed by atoms with Crippen molar-refractivity contribution >= 4 is 29.1 Å². The van der Waals surface area contributed by atoms with Crippen LogP contribution in [0.4, 0.5) is 11.4 Å². The molecular weight excluding hydrogens is 388 g/mol. The third-order valence-electron chi connectivity index (χ3n) is 3.89. The molecule has 0 saturated heterocycles. The molecule has 0 atom stereocenters. The first-order valence-corrected chi connectivity index (χ1v) is 8.96. The van der Waals surface area contributed by atoms with Crippen molar-refractivity contribution in [3.05, 3.63) is 60.3 Å². The molecule has 9 heteroatoms. The lowest BCUT2D eigenvalue weighted by atomic mass is 10.2. The van der Waals surface area contributed by atoms with Crippen molar-refractivity contribution in [1.82, 2.24) is 10.9 Å². The van der Waals surface area contributed by atoms with Gasteiger partial charge in [-0.05, 0) is 24.3 Å². The Balaban J connectivity index is 1.91. The summed E-state index contributed by atoms with van der Waals surface area (Å²) in [4.78, 5) is 35.9. The van der Waals surface area contributed by atoms with Crippen molar-refractivity contribution in [2.45, 2.75) is 13.3 Å². The van der Waals surface area contributed by atoms with Crippen molar-refractivity contribution < 1.29 is 23.9 Å². The molecule has 30 heavy (non-hydrogen) atoms. The molecule has 0 saturated carbocycles. The minimum absolute atomic E-state index is 0.103. The second-order valence-electron chi connectivity index (χ2n) is 6.20. The molecule has 0 unspecified atom stereocenters. The van der Waals surface area contributed by atoms with Gasteiger partial charge in [0, 0.05) is 18.7 Å². The number of hydrogen-bond acceptors (Lipinski definition) is 6. The summed E-state index contributed by atoms with van der Waals surface area (Å²) in [5, 5.41) is 5.34. The van der Waals surface area contributed by atoms with E-state index in [0.717, 1.165) is 0 Å². The Bertz CT molecular complexity index is 958. The highest BCUT2D eigenvalue weighted by atomic mass is 16.5. The SMILES string of the molecule is C=C(CC(=O)Nc1ccccc1NC(C)=O)NNC(=O)c1ccc(OC)cc1OC. The maximum Gasteiger partial charge on any atom is 0.273 e. The van der Waals surface area contributed by atoms with Crippen LogP contribution in [0.25, 0.3) is 0 Å². The number of hydrazine groups is 1. The Morgan fingerprint density at radius 2 is 1.60 bits per heavy atom. The van der Waals surface area contributed by atoms with Crippen LogP contribution in [0.2, 0.25) is 0 Å². The number of anilines is 2. The monoisotopic (exact) mass is 412 g/mol. The molecule has 0 bridgehead atoms. The van der Waals surface area contributed by atoms with E-state index >= 15 is 0 Å². The zero-order chi connectivity index (χ0) is 22.1. The first-order valence-electron chi connectivity index (χ1n) is 8.96. The summed E-state index contributed by atoms with van der Waals surface area (Å²) in [6.07, 6.45) is -0.103. The lowest BCUT2D eigenvalue weighted by Gasteiger charge is -2.14. The fraction of sp³-hybridized carbons (Fsp3) is 0.190. The summed E-state index contributed by atoms with van der Waals surface area (Å²) < 4.78 is 10.3. The highest BCUT2D eigenvalue weighted by molar-refractivity contribution is 5.99. The van der Waals surface area contributed by atoms with E-state index in [9.17, 15) is 14.4 Å². The second kappa shape index (κ2) is 10.5. The maximum atomic E-state index is 12.4. The normalized spacial score (nSPS) is 9.83. The van der Waals surface area contributed by atoms with Crippen LogP contribution in [0, 0.1) is 0 Å². The fourth-order valence-electron chi connectivity index (χ4n) is 2.52. The molecule has 158 valence electrons. The zero-order valence-corrected chi connectivity index (χ0v) is 17.0. The third-order valence-corrected chi connectivity index (χ3v) is 3.89. The van der Waals surface area contributed by atoms with Gasteiger partial charge >= 0.3 is 0 Å². The Morgan fingerprint density at radius 1 is 0.933 bits per heavy atom. The molecule has 0 aliphatic carbocycles. The van der Waals surface area contributed by atoms with Crippen LogP contribution in [0.5, 0.6) is 11.5 Å². The van der Waals surface area contributed by atoms with Gasteiger partial charge in [-0.2, -0.15) is 0 Å². The average Bonchev–Trinajstić information content (AvgIpc) is 2.72. The van der Waals surface area contributed by atoms with Crippen LogP contribution in [0.15, 0.2) is 54.7 Å². The number of ether oxygens (including phenoxy) is 2. The molecule has 0 aliphatic heterocycles. The van der Waals surface area contributed by atoms with Gasteiger partial charge < -0.3 is 25.5 Å². The molecule has 3 amide bonds. The number of para-hydroxylation sites is 2. The molecule has 0 aliphatic rings. The topological polar surface area (TPSA) is 118 Å². The average molecular weight is 412 g/mol. The number of nitrogens with one attached hydrogen (secondary N) is 4. The van der Waals surface area contributed by atoms with Gasteiger partial charge in [0.2, 0.25) is 11.8 Å². The van der Waals surface area contributed by atoms with Gasteiger partial charge in [0.1, 0.15) is 11.5 Å². The van der Waals surface area contributed by atoms with E-state index in [-0.39, 0.29) is 29.5 Å². The molecule has 4 N–H and O–H groups in total.